The van der Waals surface area contributed by atoms with E-state index >= 15 is 0 Å². The number of carbonyl (C=O) groups excluding carboxylic acids is 1. The number of aryl methyl sites for hydroxylation is 1. The number of hydrogen-bond donors (Lipinski definition) is 1. The molecule has 1 amide bonds. The molecular formula is C15H15N3OS. The van der Waals surface area contributed by atoms with Gasteiger partial charge >= 0.3 is 0 Å². The summed E-state index contributed by atoms with van der Waals surface area (Å²) in [5.41, 5.74) is 2.63. The van der Waals surface area contributed by atoms with E-state index in [1.807, 2.05) is 41.1 Å². The fourth-order valence-electron chi connectivity index (χ4n) is 2.22. The predicted octanol–water partition coefficient (Wildman–Crippen LogP) is 2.68. The Kier molecular flexibility index (Phi) is 3.52. The molecule has 0 unspecified atom stereocenters. The molecular weight excluding hydrogens is 270 g/mol. The minimum absolute atomic E-state index is 0.0654. The van der Waals surface area contributed by atoms with Crippen LogP contribution in [-0.2, 0) is 6.42 Å². The molecule has 1 N–H and O–H groups in total. The Labute approximate surface area is 121 Å². The summed E-state index contributed by atoms with van der Waals surface area (Å²) in [5, 5.41) is 4.89. The van der Waals surface area contributed by atoms with Gasteiger partial charge in [0.2, 0.25) is 0 Å². The molecule has 0 atom stereocenters. The van der Waals surface area contributed by atoms with Gasteiger partial charge in [0, 0.05) is 18.1 Å². The number of carbonyl (C=O) groups is 1. The van der Waals surface area contributed by atoms with Gasteiger partial charge < -0.3 is 5.32 Å². The minimum Gasteiger partial charge on any atom is -0.350 e. The van der Waals surface area contributed by atoms with Gasteiger partial charge in [-0.05, 0) is 18.9 Å². The zero-order chi connectivity index (χ0) is 13.9. The van der Waals surface area contributed by atoms with Gasteiger partial charge in [-0.15, -0.1) is 11.3 Å². The highest BCUT2D eigenvalue weighted by Gasteiger charge is 2.16. The Bertz CT molecular complexity index is 730. The molecule has 0 aliphatic heterocycles. The number of fused-ring (bicyclic) bond motifs is 1. The molecule has 5 heteroatoms. The van der Waals surface area contributed by atoms with Gasteiger partial charge in [-0.1, -0.05) is 30.3 Å². The molecule has 1 aromatic carbocycles. The van der Waals surface area contributed by atoms with Crippen molar-refractivity contribution >= 4 is 22.2 Å². The van der Waals surface area contributed by atoms with Crippen LogP contribution < -0.4 is 5.32 Å². The first-order valence-electron chi connectivity index (χ1n) is 6.50. The fraction of sp³-hybridized carbons (Fsp3) is 0.200. The zero-order valence-corrected chi connectivity index (χ0v) is 12.0. The summed E-state index contributed by atoms with van der Waals surface area (Å²) in [4.78, 5) is 17.5. The summed E-state index contributed by atoms with van der Waals surface area (Å²) < 4.78 is 1.85. The molecule has 2 heterocycles. The Balaban J connectivity index is 1.67. The molecule has 3 aromatic rings. The van der Waals surface area contributed by atoms with Crippen molar-refractivity contribution < 1.29 is 4.79 Å². The average molecular weight is 285 g/mol. The molecule has 0 saturated carbocycles. The van der Waals surface area contributed by atoms with Gasteiger partial charge in [-0.25, -0.2) is 4.98 Å². The van der Waals surface area contributed by atoms with E-state index in [9.17, 15) is 4.79 Å². The third-order valence-electron chi connectivity index (χ3n) is 3.19. The highest BCUT2D eigenvalue weighted by atomic mass is 32.1. The predicted molar refractivity (Wildman–Crippen MR) is 80.3 cm³/mol. The van der Waals surface area contributed by atoms with Gasteiger partial charge in [0.15, 0.2) is 4.96 Å². The smallest absolute Gasteiger partial charge is 0.270 e. The van der Waals surface area contributed by atoms with Crippen molar-refractivity contribution in [2.45, 2.75) is 13.3 Å². The average Bonchev–Trinajstić information content (AvgIpc) is 2.99. The molecule has 102 valence electrons. The highest BCUT2D eigenvalue weighted by molar-refractivity contribution is 7.15. The molecule has 0 saturated heterocycles. The van der Waals surface area contributed by atoms with Crippen LogP contribution in [0.25, 0.3) is 4.96 Å². The first-order chi connectivity index (χ1) is 9.75. The first kappa shape index (κ1) is 12.9. The number of amides is 1. The van der Waals surface area contributed by atoms with E-state index in [1.54, 1.807) is 0 Å². The second-order valence-corrected chi connectivity index (χ2v) is 5.47. The van der Waals surface area contributed by atoms with Crippen molar-refractivity contribution in [3.63, 3.8) is 0 Å². The van der Waals surface area contributed by atoms with Gasteiger partial charge in [0.05, 0.1) is 5.69 Å². The summed E-state index contributed by atoms with van der Waals surface area (Å²) in [5.74, 6) is -0.0654. The largest absolute Gasteiger partial charge is 0.350 e. The van der Waals surface area contributed by atoms with Crippen molar-refractivity contribution in [1.29, 1.82) is 0 Å². The Morgan fingerprint density at radius 2 is 2.15 bits per heavy atom. The maximum atomic E-state index is 12.3. The van der Waals surface area contributed by atoms with Crippen LogP contribution in [0.1, 0.15) is 21.7 Å². The molecule has 3 rings (SSSR count). The zero-order valence-electron chi connectivity index (χ0n) is 11.2. The highest BCUT2D eigenvalue weighted by Crippen LogP contribution is 2.16. The van der Waals surface area contributed by atoms with Gasteiger partial charge in [-0.3, -0.25) is 9.20 Å². The molecule has 0 fully saturated rings. The number of hydrogen-bond acceptors (Lipinski definition) is 3. The van der Waals surface area contributed by atoms with E-state index in [1.165, 1.54) is 16.9 Å². The molecule has 0 spiro atoms. The van der Waals surface area contributed by atoms with Gasteiger partial charge in [0.25, 0.3) is 5.91 Å². The minimum atomic E-state index is -0.0654. The van der Waals surface area contributed by atoms with Crippen molar-refractivity contribution in [3.05, 3.63) is 58.9 Å². The summed E-state index contributed by atoms with van der Waals surface area (Å²) in [6.07, 6.45) is 2.71. The number of benzene rings is 1. The van der Waals surface area contributed by atoms with E-state index in [4.69, 9.17) is 0 Å². The topological polar surface area (TPSA) is 46.4 Å². The molecule has 0 aliphatic carbocycles. The van der Waals surface area contributed by atoms with Crippen LogP contribution in [0.4, 0.5) is 0 Å². The molecule has 2 aromatic heterocycles. The normalized spacial score (nSPS) is 10.8. The van der Waals surface area contributed by atoms with Crippen LogP contribution in [0.3, 0.4) is 0 Å². The lowest BCUT2D eigenvalue weighted by Gasteiger charge is -2.05. The third-order valence-corrected chi connectivity index (χ3v) is 3.95. The number of aromatic nitrogens is 2. The van der Waals surface area contributed by atoms with Gasteiger partial charge in [-0.2, -0.15) is 0 Å². The van der Waals surface area contributed by atoms with Crippen LogP contribution in [0, 0.1) is 6.92 Å². The lowest BCUT2D eigenvalue weighted by atomic mass is 10.1. The quantitative estimate of drug-likeness (QED) is 0.801. The van der Waals surface area contributed by atoms with E-state index in [-0.39, 0.29) is 5.91 Å². The summed E-state index contributed by atoms with van der Waals surface area (Å²) in [7, 11) is 0. The van der Waals surface area contributed by atoms with E-state index in [2.05, 4.69) is 22.4 Å². The van der Waals surface area contributed by atoms with Crippen molar-refractivity contribution in [2.24, 2.45) is 0 Å². The van der Waals surface area contributed by atoms with Crippen LogP contribution >= 0.6 is 11.3 Å². The van der Waals surface area contributed by atoms with Crippen LogP contribution in [0.2, 0.25) is 0 Å². The molecule has 20 heavy (non-hydrogen) atoms. The standard InChI is InChI=1S/C15H15N3OS/c1-11-13(18-9-10-20-15(18)17-11)14(19)16-8-7-12-5-3-2-4-6-12/h2-6,9-10H,7-8H2,1H3,(H,16,19). The van der Waals surface area contributed by atoms with E-state index in [0.29, 0.717) is 12.2 Å². The SMILES string of the molecule is Cc1nc2sccn2c1C(=O)NCCc1ccccc1. The molecule has 0 aliphatic rings. The van der Waals surface area contributed by atoms with Crippen molar-refractivity contribution in [3.8, 4) is 0 Å². The third kappa shape index (κ3) is 2.44. The number of thiazole rings is 1. The first-order valence-corrected chi connectivity index (χ1v) is 7.38. The maximum Gasteiger partial charge on any atom is 0.270 e. The Hall–Kier alpha value is -2.14. The second kappa shape index (κ2) is 5.46. The van der Waals surface area contributed by atoms with Crippen LogP contribution in [0.15, 0.2) is 41.9 Å². The van der Waals surface area contributed by atoms with Gasteiger partial charge in [0.1, 0.15) is 5.69 Å². The second-order valence-electron chi connectivity index (χ2n) is 4.59. The lowest BCUT2D eigenvalue weighted by Crippen LogP contribution is -2.27. The molecule has 4 nitrogen and oxygen atoms in total. The maximum absolute atomic E-state index is 12.3. The number of nitrogens with one attached hydrogen (secondary N) is 1. The number of imidazole rings is 1. The molecule has 0 bridgehead atoms. The number of nitrogens with zero attached hydrogens (tertiary/aromatic N) is 2. The van der Waals surface area contributed by atoms with Crippen molar-refractivity contribution in [2.75, 3.05) is 6.54 Å². The monoisotopic (exact) mass is 285 g/mol. The lowest BCUT2D eigenvalue weighted by molar-refractivity contribution is 0.0947. The summed E-state index contributed by atoms with van der Waals surface area (Å²) >= 11 is 1.53. The summed E-state index contributed by atoms with van der Waals surface area (Å²) in [6, 6.07) is 10.1. The van der Waals surface area contributed by atoms with E-state index in [0.717, 1.165) is 17.1 Å². The van der Waals surface area contributed by atoms with Crippen LogP contribution in [-0.4, -0.2) is 21.8 Å². The van der Waals surface area contributed by atoms with Crippen molar-refractivity contribution in [1.82, 2.24) is 14.7 Å². The molecule has 0 radical (unpaired) electrons. The Morgan fingerprint density at radius 3 is 2.95 bits per heavy atom. The number of rotatable bonds is 4. The summed E-state index contributed by atoms with van der Waals surface area (Å²) in [6.45, 7) is 2.49. The van der Waals surface area contributed by atoms with E-state index < -0.39 is 0 Å². The fourth-order valence-corrected chi connectivity index (χ4v) is 2.98. The Morgan fingerprint density at radius 1 is 1.35 bits per heavy atom. The van der Waals surface area contributed by atoms with Crippen LogP contribution in [0.5, 0.6) is 0 Å².